The summed E-state index contributed by atoms with van der Waals surface area (Å²) in [7, 11) is 0. The first-order chi connectivity index (χ1) is 8.32. The molecule has 0 aliphatic carbocycles. The predicted molar refractivity (Wildman–Crippen MR) is 75.5 cm³/mol. The monoisotopic (exact) mass is 258 g/mol. The average Bonchev–Trinajstić information content (AvgIpc) is 2.33. The molecule has 108 valence electrons. The Balaban J connectivity index is 4.00. The van der Waals surface area contributed by atoms with Gasteiger partial charge in [-0.15, -0.1) is 0 Å². The van der Waals surface area contributed by atoms with Crippen LogP contribution >= 0.6 is 0 Å². The van der Waals surface area contributed by atoms with E-state index >= 15 is 0 Å². The summed E-state index contributed by atoms with van der Waals surface area (Å²) in [6.07, 6.45) is 2.71. The van der Waals surface area contributed by atoms with Gasteiger partial charge in [-0.3, -0.25) is 4.79 Å². The third-order valence-electron chi connectivity index (χ3n) is 3.29. The molecule has 0 heterocycles. The molecule has 4 nitrogen and oxygen atoms in total. The van der Waals surface area contributed by atoms with Crippen LogP contribution in [-0.4, -0.2) is 36.2 Å². The molecule has 2 unspecified atom stereocenters. The van der Waals surface area contributed by atoms with Gasteiger partial charge in [0.2, 0.25) is 5.91 Å². The highest BCUT2D eigenvalue weighted by Gasteiger charge is 2.20. The molecular weight excluding hydrogens is 228 g/mol. The number of hydrogen-bond donors (Lipinski definition) is 3. The third kappa shape index (κ3) is 7.67. The molecule has 0 aromatic carbocycles. The summed E-state index contributed by atoms with van der Waals surface area (Å²) in [5.74, 6) is 0.0577. The number of aliphatic hydroxyl groups excluding tert-OH is 1. The summed E-state index contributed by atoms with van der Waals surface area (Å²) in [5, 5.41) is 15.1. The summed E-state index contributed by atoms with van der Waals surface area (Å²) in [4.78, 5) is 11.8. The summed E-state index contributed by atoms with van der Waals surface area (Å²) < 4.78 is 0. The van der Waals surface area contributed by atoms with Crippen molar-refractivity contribution in [3.05, 3.63) is 0 Å². The van der Waals surface area contributed by atoms with E-state index in [0.29, 0.717) is 0 Å². The molecule has 0 fully saturated rings. The zero-order chi connectivity index (χ0) is 14.2. The molecule has 4 heteroatoms. The van der Waals surface area contributed by atoms with Gasteiger partial charge >= 0.3 is 0 Å². The topological polar surface area (TPSA) is 61.4 Å². The lowest BCUT2D eigenvalue weighted by atomic mass is 9.87. The lowest BCUT2D eigenvalue weighted by Crippen LogP contribution is -2.47. The summed E-state index contributed by atoms with van der Waals surface area (Å²) in [6, 6.07) is 0.0524. The van der Waals surface area contributed by atoms with Crippen molar-refractivity contribution in [1.29, 1.82) is 0 Å². The summed E-state index contributed by atoms with van der Waals surface area (Å²) in [5.41, 5.74) is 0.105. The normalized spacial score (nSPS) is 15.2. The van der Waals surface area contributed by atoms with Crippen LogP contribution in [0.15, 0.2) is 0 Å². The molecular formula is C14H30N2O2. The van der Waals surface area contributed by atoms with Gasteiger partial charge in [-0.2, -0.15) is 0 Å². The molecule has 1 amide bonds. The molecule has 0 aliphatic rings. The van der Waals surface area contributed by atoms with Crippen LogP contribution in [0.1, 0.15) is 53.9 Å². The highest BCUT2D eigenvalue weighted by Crippen LogP contribution is 2.20. The van der Waals surface area contributed by atoms with E-state index in [9.17, 15) is 4.79 Å². The molecule has 3 N–H and O–H groups in total. The first kappa shape index (κ1) is 17.4. The summed E-state index contributed by atoms with van der Waals surface area (Å²) >= 11 is 0. The molecule has 0 bridgehead atoms. The highest BCUT2D eigenvalue weighted by atomic mass is 16.2. The Kier molecular flexibility index (Phi) is 8.20. The van der Waals surface area contributed by atoms with E-state index in [4.69, 9.17) is 5.11 Å². The van der Waals surface area contributed by atoms with Crippen LogP contribution in [0.3, 0.4) is 0 Å². The van der Waals surface area contributed by atoms with Gasteiger partial charge in [-0.05, 0) is 38.5 Å². The first-order valence-corrected chi connectivity index (χ1v) is 6.97. The smallest absolute Gasteiger partial charge is 0.237 e. The second-order valence-electron chi connectivity index (χ2n) is 5.91. The van der Waals surface area contributed by atoms with Gasteiger partial charge in [0.15, 0.2) is 0 Å². The van der Waals surface area contributed by atoms with E-state index in [1.807, 2.05) is 13.8 Å². The Hall–Kier alpha value is -0.610. The molecule has 18 heavy (non-hydrogen) atoms. The number of hydrogen-bond acceptors (Lipinski definition) is 3. The van der Waals surface area contributed by atoms with Gasteiger partial charge in [0.1, 0.15) is 0 Å². The van der Waals surface area contributed by atoms with Crippen LogP contribution in [0.2, 0.25) is 0 Å². The van der Waals surface area contributed by atoms with Crippen molar-refractivity contribution in [2.45, 2.75) is 66.0 Å². The standard InChI is InChI=1S/C14H30N2O2/c1-6-11(2)16-13(18)12(3)15-10-14(4,5)8-7-9-17/h11-12,15,17H,6-10H2,1-5H3,(H,16,18). The maximum atomic E-state index is 11.8. The van der Waals surface area contributed by atoms with Crippen LogP contribution in [0.25, 0.3) is 0 Å². The third-order valence-corrected chi connectivity index (χ3v) is 3.29. The summed E-state index contributed by atoms with van der Waals surface area (Å²) in [6.45, 7) is 11.3. The Bertz CT molecular complexity index is 242. The van der Waals surface area contributed by atoms with Gasteiger partial charge in [0.05, 0.1) is 6.04 Å². The fourth-order valence-electron chi connectivity index (χ4n) is 1.64. The van der Waals surface area contributed by atoms with E-state index in [-0.39, 0.29) is 30.0 Å². The number of aliphatic hydroxyl groups is 1. The second-order valence-corrected chi connectivity index (χ2v) is 5.91. The van der Waals surface area contributed by atoms with Crippen molar-refractivity contribution in [2.75, 3.05) is 13.2 Å². The molecule has 0 aliphatic heterocycles. The van der Waals surface area contributed by atoms with E-state index in [1.165, 1.54) is 0 Å². The molecule has 0 spiro atoms. The minimum absolute atomic E-state index is 0.0577. The van der Waals surface area contributed by atoms with Crippen LogP contribution < -0.4 is 10.6 Å². The number of nitrogens with one attached hydrogen (secondary N) is 2. The first-order valence-electron chi connectivity index (χ1n) is 6.97. The molecule has 0 radical (unpaired) electrons. The number of amides is 1. The Morgan fingerprint density at radius 1 is 1.33 bits per heavy atom. The van der Waals surface area contributed by atoms with E-state index in [2.05, 4.69) is 31.4 Å². The van der Waals surface area contributed by atoms with Crippen molar-refractivity contribution in [3.63, 3.8) is 0 Å². The van der Waals surface area contributed by atoms with Crippen molar-refractivity contribution in [3.8, 4) is 0 Å². The lowest BCUT2D eigenvalue weighted by Gasteiger charge is -2.27. The zero-order valence-corrected chi connectivity index (χ0v) is 12.5. The maximum Gasteiger partial charge on any atom is 0.237 e. The number of rotatable bonds is 9. The average molecular weight is 258 g/mol. The van der Waals surface area contributed by atoms with Crippen molar-refractivity contribution in [1.82, 2.24) is 10.6 Å². The zero-order valence-electron chi connectivity index (χ0n) is 12.5. The maximum absolute atomic E-state index is 11.8. The second kappa shape index (κ2) is 8.48. The highest BCUT2D eigenvalue weighted by molar-refractivity contribution is 5.81. The van der Waals surface area contributed by atoms with Gasteiger partial charge in [-0.1, -0.05) is 20.8 Å². The Morgan fingerprint density at radius 3 is 2.44 bits per heavy atom. The van der Waals surface area contributed by atoms with Crippen molar-refractivity contribution >= 4 is 5.91 Å². The molecule has 0 saturated heterocycles. The van der Waals surface area contributed by atoms with Crippen molar-refractivity contribution in [2.24, 2.45) is 5.41 Å². The quantitative estimate of drug-likeness (QED) is 0.589. The van der Waals surface area contributed by atoms with Crippen LogP contribution in [0, 0.1) is 5.41 Å². The van der Waals surface area contributed by atoms with Crippen LogP contribution in [0.5, 0.6) is 0 Å². The van der Waals surface area contributed by atoms with E-state index in [0.717, 1.165) is 25.8 Å². The van der Waals surface area contributed by atoms with E-state index in [1.54, 1.807) is 0 Å². The van der Waals surface area contributed by atoms with E-state index < -0.39 is 0 Å². The minimum Gasteiger partial charge on any atom is -0.396 e. The van der Waals surface area contributed by atoms with Crippen molar-refractivity contribution < 1.29 is 9.90 Å². The number of carbonyl (C=O) groups excluding carboxylic acids is 1. The molecule has 2 atom stereocenters. The lowest BCUT2D eigenvalue weighted by molar-refractivity contribution is -0.123. The minimum atomic E-state index is -0.174. The van der Waals surface area contributed by atoms with Gasteiger partial charge < -0.3 is 15.7 Å². The largest absolute Gasteiger partial charge is 0.396 e. The SMILES string of the molecule is CCC(C)NC(=O)C(C)NCC(C)(C)CCCO. The van der Waals surface area contributed by atoms with Gasteiger partial charge in [0.25, 0.3) is 0 Å². The molecule has 0 aromatic heterocycles. The predicted octanol–water partition coefficient (Wildman–Crippen LogP) is 1.68. The van der Waals surface area contributed by atoms with Crippen LogP contribution in [0.4, 0.5) is 0 Å². The fraction of sp³-hybridized carbons (Fsp3) is 0.929. The molecule has 0 saturated carbocycles. The Morgan fingerprint density at radius 2 is 1.94 bits per heavy atom. The Labute approximate surface area is 112 Å². The fourth-order valence-corrected chi connectivity index (χ4v) is 1.64. The van der Waals surface area contributed by atoms with Gasteiger partial charge in [0, 0.05) is 19.2 Å². The molecule has 0 rings (SSSR count). The van der Waals surface area contributed by atoms with Gasteiger partial charge in [-0.25, -0.2) is 0 Å². The molecule has 0 aromatic rings. The van der Waals surface area contributed by atoms with Crippen LogP contribution in [-0.2, 0) is 4.79 Å². The number of carbonyl (C=O) groups is 1.